The van der Waals surface area contributed by atoms with Crippen molar-refractivity contribution in [3.63, 3.8) is 0 Å². The molecule has 43 heavy (non-hydrogen) atoms. The summed E-state index contributed by atoms with van der Waals surface area (Å²) >= 11 is 0. The highest BCUT2D eigenvalue weighted by atomic mass is 16.3. The molecule has 230 valence electrons. The van der Waals surface area contributed by atoms with E-state index in [1.807, 2.05) is 47.4 Å². The summed E-state index contributed by atoms with van der Waals surface area (Å²) in [6.45, 7) is 2.49. The largest absolute Gasteiger partial charge is 0.508 e. The first-order valence-corrected chi connectivity index (χ1v) is 15.9. The maximum atomic E-state index is 13.5. The van der Waals surface area contributed by atoms with Gasteiger partial charge in [0.2, 0.25) is 0 Å². The Hall–Kier alpha value is -3.88. The smallest absolute Gasteiger partial charge is 0.312 e. The summed E-state index contributed by atoms with van der Waals surface area (Å²) in [6, 6.07) is 16.8. The summed E-state index contributed by atoms with van der Waals surface area (Å²) in [5.74, 6) is -1.24. The van der Waals surface area contributed by atoms with Gasteiger partial charge in [-0.2, -0.15) is 0 Å². The van der Waals surface area contributed by atoms with Crippen molar-refractivity contribution in [2.24, 2.45) is 5.92 Å². The molecule has 2 aromatic rings. The zero-order valence-electron chi connectivity index (χ0n) is 25.0. The number of hydrogen-bond donors (Lipinski definition) is 2. The molecule has 1 saturated carbocycles. The molecule has 3 fully saturated rings. The van der Waals surface area contributed by atoms with Gasteiger partial charge in [0.1, 0.15) is 5.75 Å². The summed E-state index contributed by atoms with van der Waals surface area (Å²) in [5, 5.41) is 12.5. The van der Waals surface area contributed by atoms with Gasteiger partial charge in [-0.25, -0.2) is 0 Å². The Bertz CT molecular complexity index is 1260. The summed E-state index contributed by atoms with van der Waals surface area (Å²) < 4.78 is 0. The van der Waals surface area contributed by atoms with Gasteiger partial charge in [0.25, 0.3) is 0 Å². The summed E-state index contributed by atoms with van der Waals surface area (Å²) in [6.07, 6.45) is 9.27. The fourth-order valence-electron chi connectivity index (χ4n) is 6.82. The molecule has 3 aliphatic rings. The molecule has 2 aromatic carbocycles. The fourth-order valence-corrected chi connectivity index (χ4v) is 6.82. The third-order valence-electron chi connectivity index (χ3n) is 9.28. The molecule has 0 radical (unpaired) electrons. The van der Waals surface area contributed by atoms with Crippen molar-refractivity contribution in [3.05, 3.63) is 65.7 Å². The Morgan fingerprint density at radius 2 is 1.49 bits per heavy atom. The molecule has 0 spiro atoms. The van der Waals surface area contributed by atoms with Crippen molar-refractivity contribution in [3.8, 4) is 5.75 Å². The molecule has 9 nitrogen and oxygen atoms in total. The monoisotopic (exact) mass is 588 g/mol. The van der Waals surface area contributed by atoms with Crippen LogP contribution in [0.4, 0.5) is 0 Å². The SMILES string of the molecule is O=C1NC[C@H](CCCCN2C[C@H](Cc3ccc(O)cc3)N(CC3CCCCC3)C(=O)C2=O)N(CCc2ccccc2)C1=O. The third kappa shape index (κ3) is 7.94. The number of piperazine rings is 2. The number of phenols is 1. The van der Waals surface area contributed by atoms with Gasteiger partial charge in [-0.3, -0.25) is 19.2 Å². The molecule has 2 N–H and O–H groups in total. The van der Waals surface area contributed by atoms with Crippen LogP contribution in [0.1, 0.15) is 62.5 Å². The maximum Gasteiger partial charge on any atom is 0.312 e. The quantitative estimate of drug-likeness (QED) is 0.292. The molecule has 2 saturated heterocycles. The van der Waals surface area contributed by atoms with Crippen LogP contribution in [-0.4, -0.2) is 88.2 Å². The Morgan fingerprint density at radius 1 is 0.744 bits per heavy atom. The molecule has 2 atom stereocenters. The second kappa shape index (κ2) is 14.5. The second-order valence-electron chi connectivity index (χ2n) is 12.3. The van der Waals surface area contributed by atoms with Crippen LogP contribution in [-0.2, 0) is 32.0 Å². The Balaban J connectivity index is 1.18. The van der Waals surface area contributed by atoms with E-state index >= 15 is 0 Å². The molecular formula is C34H44N4O5. The van der Waals surface area contributed by atoms with E-state index in [0.717, 1.165) is 30.4 Å². The van der Waals surface area contributed by atoms with Crippen molar-refractivity contribution < 1.29 is 24.3 Å². The van der Waals surface area contributed by atoms with E-state index in [1.165, 1.54) is 19.3 Å². The number of rotatable bonds is 12. The van der Waals surface area contributed by atoms with Crippen LogP contribution in [0.15, 0.2) is 54.6 Å². The predicted octanol–water partition coefficient (Wildman–Crippen LogP) is 3.29. The van der Waals surface area contributed by atoms with Gasteiger partial charge in [-0.1, -0.05) is 61.7 Å². The number of carbonyl (C=O) groups is 4. The Kier molecular flexibility index (Phi) is 10.3. The topological polar surface area (TPSA) is 110 Å². The number of carbonyl (C=O) groups excluding carboxylic acids is 4. The third-order valence-corrected chi connectivity index (χ3v) is 9.28. The molecular weight excluding hydrogens is 544 g/mol. The molecule has 5 rings (SSSR count). The first-order valence-electron chi connectivity index (χ1n) is 15.9. The van der Waals surface area contributed by atoms with E-state index in [4.69, 9.17) is 0 Å². The minimum atomic E-state index is -0.556. The molecule has 0 unspecified atom stereocenters. The van der Waals surface area contributed by atoms with E-state index in [0.29, 0.717) is 64.3 Å². The number of unbranched alkanes of at least 4 members (excludes halogenated alkanes) is 1. The Labute approximate surface area is 254 Å². The van der Waals surface area contributed by atoms with Crippen LogP contribution in [0.2, 0.25) is 0 Å². The van der Waals surface area contributed by atoms with Crippen LogP contribution in [0.25, 0.3) is 0 Å². The number of phenolic OH excluding ortho intramolecular Hbond substituents is 1. The maximum absolute atomic E-state index is 13.5. The average molecular weight is 589 g/mol. The number of benzene rings is 2. The number of hydrogen-bond acceptors (Lipinski definition) is 5. The van der Waals surface area contributed by atoms with Crippen molar-refractivity contribution in [1.82, 2.24) is 20.0 Å². The normalized spacial score (nSPS) is 21.8. The highest BCUT2D eigenvalue weighted by molar-refractivity contribution is 6.36. The molecule has 4 amide bonds. The lowest BCUT2D eigenvalue weighted by Crippen LogP contribution is -2.61. The highest BCUT2D eigenvalue weighted by Gasteiger charge is 2.40. The molecule has 2 aliphatic heterocycles. The van der Waals surface area contributed by atoms with Crippen LogP contribution < -0.4 is 5.32 Å². The molecule has 0 bridgehead atoms. The molecule has 0 aromatic heterocycles. The molecule has 2 heterocycles. The van der Waals surface area contributed by atoms with Crippen LogP contribution in [0.5, 0.6) is 5.75 Å². The molecule has 1 aliphatic carbocycles. The van der Waals surface area contributed by atoms with Crippen molar-refractivity contribution in [1.29, 1.82) is 0 Å². The standard InChI is InChI=1S/C34H44N4O5/c39-30-16-14-26(15-17-30)21-29-24-36(33(42)34(43)38(29)23-27-11-5-2-6-12-27)19-8-7-13-28-22-35-31(40)32(41)37(28)20-18-25-9-3-1-4-10-25/h1,3-4,9-10,14-17,27-29,39H,2,5-8,11-13,18-24H2,(H,35,40)/t28-,29-/m0/s1. The zero-order chi connectivity index (χ0) is 30.2. The number of amides is 4. The van der Waals surface area contributed by atoms with E-state index in [-0.39, 0.29) is 17.8 Å². The van der Waals surface area contributed by atoms with E-state index in [2.05, 4.69) is 5.32 Å². The van der Waals surface area contributed by atoms with Crippen molar-refractivity contribution in [2.45, 2.75) is 76.3 Å². The van der Waals surface area contributed by atoms with Gasteiger partial charge in [-0.05, 0) is 74.1 Å². The van der Waals surface area contributed by atoms with Gasteiger partial charge in [0, 0.05) is 38.8 Å². The highest BCUT2D eigenvalue weighted by Crippen LogP contribution is 2.28. The minimum absolute atomic E-state index is 0.0965. The van der Waals surface area contributed by atoms with Gasteiger partial charge >= 0.3 is 23.6 Å². The number of aromatic hydroxyl groups is 1. The minimum Gasteiger partial charge on any atom is -0.508 e. The average Bonchev–Trinajstić information content (AvgIpc) is 3.03. The number of nitrogens with zero attached hydrogens (tertiary/aromatic N) is 3. The van der Waals surface area contributed by atoms with E-state index in [1.54, 1.807) is 21.9 Å². The second-order valence-corrected chi connectivity index (χ2v) is 12.3. The lowest BCUT2D eigenvalue weighted by atomic mass is 9.88. The van der Waals surface area contributed by atoms with Gasteiger partial charge in [0.05, 0.1) is 6.04 Å². The van der Waals surface area contributed by atoms with Crippen LogP contribution in [0.3, 0.4) is 0 Å². The molecule has 9 heteroatoms. The van der Waals surface area contributed by atoms with E-state index in [9.17, 15) is 24.3 Å². The summed E-state index contributed by atoms with van der Waals surface area (Å²) in [4.78, 5) is 56.7. The first kappa shape index (κ1) is 30.6. The van der Waals surface area contributed by atoms with Crippen molar-refractivity contribution in [2.75, 3.05) is 32.7 Å². The summed E-state index contributed by atoms with van der Waals surface area (Å²) in [5.41, 5.74) is 2.14. The zero-order valence-corrected chi connectivity index (χ0v) is 25.0. The first-order chi connectivity index (χ1) is 20.9. The lowest BCUT2D eigenvalue weighted by Gasteiger charge is -2.42. The van der Waals surface area contributed by atoms with Gasteiger partial charge in [0.15, 0.2) is 0 Å². The van der Waals surface area contributed by atoms with Crippen LogP contribution in [0, 0.1) is 5.92 Å². The Morgan fingerprint density at radius 3 is 2.23 bits per heavy atom. The van der Waals surface area contributed by atoms with Gasteiger partial charge < -0.3 is 25.1 Å². The number of nitrogens with one attached hydrogen (secondary N) is 1. The summed E-state index contributed by atoms with van der Waals surface area (Å²) in [7, 11) is 0. The fraction of sp³-hybridized carbons (Fsp3) is 0.529. The van der Waals surface area contributed by atoms with Crippen LogP contribution >= 0.6 is 0 Å². The van der Waals surface area contributed by atoms with E-state index < -0.39 is 23.6 Å². The predicted molar refractivity (Wildman–Crippen MR) is 163 cm³/mol. The van der Waals surface area contributed by atoms with Gasteiger partial charge in [-0.15, -0.1) is 0 Å². The van der Waals surface area contributed by atoms with Crippen molar-refractivity contribution >= 4 is 23.6 Å². The lowest BCUT2D eigenvalue weighted by molar-refractivity contribution is -0.159.